The number of hydrogen-bond acceptors (Lipinski definition) is 18. The van der Waals surface area contributed by atoms with Crippen LogP contribution < -0.4 is 17.0 Å². The zero-order chi connectivity index (χ0) is 32.2. The van der Waals surface area contributed by atoms with E-state index < -0.39 is 83.6 Å². The van der Waals surface area contributed by atoms with Gasteiger partial charge in [0, 0.05) is 17.1 Å². The zero-order valence-corrected chi connectivity index (χ0v) is 24.4. The minimum Gasteiger partial charge on any atom is -0.396 e. The standard InChI is InChI=1S/C20H25N11O12P2/c21-15-9-16(24-4-23-15)31(29-28-9)19-12(34)14(42-44(36)37)8(41-19)3-40-45(38,39)43-13-7(1-6(2-32)11(13)33)30-5-25-10-17(30)26-20(22)27-18(10)35/h4-8,11-14,19,32-34H,1-3H2,(H6-,21,22,23,24,26,27,29,35,36,37,38,39)/p+1. The largest absolute Gasteiger partial charge is 0.695 e. The second-order valence-corrected chi connectivity index (χ2v) is 12.3. The average molecular weight is 674 g/mol. The van der Waals surface area contributed by atoms with Crippen molar-refractivity contribution in [2.75, 3.05) is 24.7 Å². The molecule has 0 radical (unpaired) electrons. The van der Waals surface area contributed by atoms with Gasteiger partial charge in [-0.2, -0.15) is 9.67 Å². The fraction of sp³-hybridized carbons (Fsp3) is 0.550. The fourth-order valence-electron chi connectivity index (χ4n) is 5.45. The first-order valence-corrected chi connectivity index (χ1v) is 15.7. The number of aromatic nitrogens is 9. The molecule has 10 atom stereocenters. The molecular formula is C20H26N11O12P2+. The summed E-state index contributed by atoms with van der Waals surface area (Å²) in [5.41, 5.74) is 10.8. The minimum atomic E-state index is -5.11. The Hall–Kier alpha value is -3.60. The molecule has 0 bridgehead atoms. The number of nitrogens with zero attached hydrogens (tertiary/aromatic N) is 8. The van der Waals surface area contributed by atoms with Gasteiger partial charge in [0.1, 0.15) is 24.6 Å². The van der Waals surface area contributed by atoms with Crippen LogP contribution in [0.1, 0.15) is 18.7 Å². The number of rotatable bonds is 10. The van der Waals surface area contributed by atoms with Crippen molar-refractivity contribution in [2.24, 2.45) is 5.92 Å². The van der Waals surface area contributed by atoms with E-state index in [1.54, 1.807) is 0 Å². The molecule has 0 aromatic carbocycles. The molecule has 242 valence electrons. The molecule has 1 saturated heterocycles. The number of phosphoric ester groups is 1. The quantitative estimate of drug-likeness (QED) is 0.0789. The monoisotopic (exact) mass is 674 g/mol. The summed E-state index contributed by atoms with van der Waals surface area (Å²) < 4.78 is 48.2. The number of nitrogens with two attached hydrogens (primary N) is 2. The molecule has 1 aliphatic heterocycles. The van der Waals surface area contributed by atoms with Crippen molar-refractivity contribution < 1.29 is 52.5 Å². The SMILES string of the molecule is Nc1nc2c(ncn2C2CC(CO)C(O)C2OP(=O)(O)OCC2OC(n3nnc4c(N)ncnc43)C(O)C2O[P+](=O)O)c(=O)[nH]1. The number of anilines is 2. The lowest BCUT2D eigenvalue weighted by molar-refractivity contribution is -0.0613. The normalized spacial score (nSPS) is 30.3. The fourth-order valence-corrected chi connectivity index (χ4v) is 6.88. The van der Waals surface area contributed by atoms with Crippen LogP contribution in [0, 0.1) is 5.92 Å². The third-order valence-corrected chi connectivity index (χ3v) is 8.90. The van der Waals surface area contributed by atoms with Crippen LogP contribution in [0.15, 0.2) is 17.4 Å². The second kappa shape index (κ2) is 12.0. The summed E-state index contributed by atoms with van der Waals surface area (Å²) in [7, 11) is -8.40. The molecule has 2 aliphatic rings. The molecule has 6 rings (SSSR count). The van der Waals surface area contributed by atoms with E-state index >= 15 is 0 Å². The highest BCUT2D eigenvalue weighted by Gasteiger charge is 2.53. The van der Waals surface area contributed by atoms with Gasteiger partial charge < -0.3 is 41.0 Å². The molecule has 45 heavy (non-hydrogen) atoms. The van der Waals surface area contributed by atoms with Gasteiger partial charge in [-0.1, -0.05) is 5.21 Å². The smallest absolute Gasteiger partial charge is 0.396 e. The van der Waals surface area contributed by atoms with Crippen LogP contribution in [0.3, 0.4) is 0 Å². The molecule has 4 aromatic rings. The summed E-state index contributed by atoms with van der Waals surface area (Å²) in [6.45, 7) is -1.35. The number of fused-ring (bicyclic) bond motifs is 2. The van der Waals surface area contributed by atoms with Gasteiger partial charge >= 0.3 is 16.1 Å². The van der Waals surface area contributed by atoms with Gasteiger partial charge in [0.25, 0.3) is 5.56 Å². The number of nitrogen functional groups attached to an aromatic ring is 2. The van der Waals surface area contributed by atoms with Crippen molar-refractivity contribution in [3.05, 3.63) is 23.0 Å². The summed E-state index contributed by atoms with van der Waals surface area (Å²) in [5.74, 6) is -1.07. The number of H-pyrrole nitrogens is 1. The predicted molar refractivity (Wildman–Crippen MR) is 146 cm³/mol. The molecule has 0 spiro atoms. The molecule has 23 nitrogen and oxygen atoms in total. The van der Waals surface area contributed by atoms with Crippen LogP contribution in [-0.2, 0) is 27.4 Å². The van der Waals surface area contributed by atoms with Crippen molar-refractivity contribution in [1.82, 2.24) is 44.5 Å². The summed E-state index contributed by atoms with van der Waals surface area (Å²) in [6, 6.07) is -0.974. The van der Waals surface area contributed by atoms with Crippen LogP contribution in [-0.4, -0.2) is 113 Å². The number of aromatic amines is 1. The Morgan fingerprint density at radius 3 is 2.67 bits per heavy atom. The Kier molecular flexibility index (Phi) is 8.34. The number of nitrogens with one attached hydrogen (secondary N) is 1. The Labute approximate surface area is 250 Å². The van der Waals surface area contributed by atoms with Gasteiger partial charge in [0.05, 0.1) is 25.1 Å². The lowest BCUT2D eigenvalue weighted by Crippen LogP contribution is -2.36. The summed E-state index contributed by atoms with van der Waals surface area (Å²) in [5, 5.41) is 39.3. The van der Waals surface area contributed by atoms with E-state index in [1.165, 1.54) is 10.9 Å². The Morgan fingerprint density at radius 1 is 1.16 bits per heavy atom. The van der Waals surface area contributed by atoms with E-state index in [9.17, 15) is 39.0 Å². The molecule has 1 aliphatic carbocycles. The van der Waals surface area contributed by atoms with Gasteiger partial charge in [-0.15, -0.1) is 14.5 Å². The van der Waals surface area contributed by atoms with E-state index in [0.717, 1.165) is 11.0 Å². The maximum Gasteiger partial charge on any atom is 0.695 e. The molecule has 5 heterocycles. The minimum absolute atomic E-state index is 0.000478. The summed E-state index contributed by atoms with van der Waals surface area (Å²) >= 11 is 0. The average Bonchev–Trinajstić information content (AvgIpc) is 3.73. The van der Waals surface area contributed by atoms with E-state index in [-0.39, 0.29) is 40.5 Å². The van der Waals surface area contributed by atoms with Crippen molar-refractivity contribution in [3.8, 4) is 0 Å². The van der Waals surface area contributed by atoms with Crippen LogP contribution in [0.4, 0.5) is 11.8 Å². The van der Waals surface area contributed by atoms with E-state index in [0.29, 0.717) is 0 Å². The molecule has 0 amide bonds. The van der Waals surface area contributed by atoms with Crippen molar-refractivity contribution in [3.63, 3.8) is 0 Å². The van der Waals surface area contributed by atoms with Gasteiger partial charge in [-0.25, -0.2) is 19.5 Å². The van der Waals surface area contributed by atoms with Crippen molar-refractivity contribution >= 4 is 50.2 Å². The number of phosphoric acid groups is 1. The summed E-state index contributed by atoms with van der Waals surface area (Å²) in [6.07, 6.45) is -6.80. The number of imidazole rings is 1. The van der Waals surface area contributed by atoms with Gasteiger partial charge in [0.15, 0.2) is 40.5 Å². The van der Waals surface area contributed by atoms with Gasteiger partial charge in [0.2, 0.25) is 5.95 Å². The molecule has 2 fully saturated rings. The zero-order valence-electron chi connectivity index (χ0n) is 22.6. The third kappa shape index (κ3) is 5.79. The predicted octanol–water partition coefficient (Wildman–Crippen LogP) is -2.77. The van der Waals surface area contributed by atoms with Crippen LogP contribution in [0.2, 0.25) is 0 Å². The first-order valence-electron chi connectivity index (χ1n) is 13.0. The molecule has 4 aromatic heterocycles. The number of aliphatic hydroxyl groups excluding tert-OH is 3. The Bertz CT molecular complexity index is 1850. The highest BCUT2D eigenvalue weighted by Crippen LogP contribution is 2.51. The number of aliphatic hydroxyl groups is 3. The molecule has 25 heteroatoms. The van der Waals surface area contributed by atoms with Crippen LogP contribution in [0.5, 0.6) is 0 Å². The van der Waals surface area contributed by atoms with E-state index in [1.807, 2.05) is 0 Å². The van der Waals surface area contributed by atoms with Crippen molar-refractivity contribution in [1.29, 1.82) is 0 Å². The van der Waals surface area contributed by atoms with E-state index in [4.69, 9.17) is 29.8 Å². The molecule has 1 saturated carbocycles. The lowest BCUT2D eigenvalue weighted by Gasteiger charge is -2.26. The topological polar surface area (TPSA) is 344 Å². The molecule has 10 unspecified atom stereocenters. The first kappa shape index (κ1) is 31.4. The maximum absolute atomic E-state index is 13.2. The Balaban J connectivity index is 1.22. The van der Waals surface area contributed by atoms with Gasteiger partial charge in [-0.3, -0.25) is 18.8 Å². The summed E-state index contributed by atoms with van der Waals surface area (Å²) in [4.78, 5) is 50.5. The number of hydrogen-bond donors (Lipinski definition) is 8. The molecule has 10 N–H and O–H groups in total. The van der Waals surface area contributed by atoms with Crippen molar-refractivity contribution in [2.45, 2.75) is 49.2 Å². The first-order chi connectivity index (χ1) is 21.4. The number of ether oxygens (including phenoxy) is 1. The maximum atomic E-state index is 13.2. The van der Waals surface area contributed by atoms with Gasteiger partial charge in [-0.05, 0) is 6.42 Å². The Morgan fingerprint density at radius 2 is 1.93 bits per heavy atom. The highest BCUT2D eigenvalue weighted by molar-refractivity contribution is 7.47. The van der Waals surface area contributed by atoms with Crippen LogP contribution in [0.25, 0.3) is 22.3 Å². The third-order valence-electron chi connectivity index (χ3n) is 7.49. The second-order valence-electron chi connectivity index (χ2n) is 10.2. The lowest BCUT2D eigenvalue weighted by atomic mass is 10.1. The van der Waals surface area contributed by atoms with Crippen LogP contribution >= 0.6 is 16.1 Å². The molecular weight excluding hydrogens is 648 g/mol. The highest BCUT2D eigenvalue weighted by atomic mass is 31.2. The van der Waals surface area contributed by atoms with E-state index in [2.05, 4.69) is 35.2 Å².